The molecule has 7 nitrogen and oxygen atoms in total. The maximum Gasteiger partial charge on any atom is 0.321 e. The summed E-state index contributed by atoms with van der Waals surface area (Å²) < 4.78 is 5.12. The van der Waals surface area contributed by atoms with E-state index < -0.39 is 23.8 Å². The lowest BCUT2D eigenvalue weighted by molar-refractivity contribution is -0.153. The van der Waals surface area contributed by atoms with Crippen molar-refractivity contribution in [1.29, 1.82) is 0 Å². The van der Waals surface area contributed by atoms with Crippen LogP contribution in [0.1, 0.15) is 29.7 Å². The number of amides is 1. The highest BCUT2D eigenvalue weighted by Gasteiger charge is 2.42. The summed E-state index contributed by atoms with van der Waals surface area (Å²) in [5.41, 5.74) is 3.07. The zero-order chi connectivity index (χ0) is 20.4. The van der Waals surface area contributed by atoms with Crippen molar-refractivity contribution in [3.63, 3.8) is 0 Å². The third-order valence-corrected chi connectivity index (χ3v) is 5.28. The van der Waals surface area contributed by atoms with Gasteiger partial charge in [0.15, 0.2) is 5.92 Å². The smallest absolute Gasteiger partial charge is 0.321 e. The highest BCUT2D eigenvalue weighted by molar-refractivity contribution is 6.08. The summed E-state index contributed by atoms with van der Waals surface area (Å²) in [6, 6.07) is 13.9. The summed E-state index contributed by atoms with van der Waals surface area (Å²) in [7, 11) is 0. The second-order valence-electron chi connectivity index (χ2n) is 7.15. The Hall–Kier alpha value is -3.35. The lowest BCUT2D eigenvalue weighted by Crippen LogP contribution is -2.53. The molecule has 2 aromatic rings. The number of hydrogen-bond donors (Lipinski definition) is 2. The van der Waals surface area contributed by atoms with Crippen LogP contribution in [-0.4, -0.2) is 41.0 Å². The third kappa shape index (κ3) is 3.81. The SMILES string of the molecule is CCOC(=O)[C@H]1C(=O)NC(N2CCc3ccccc3C2)=N[C@H]1c1cccc(O)c1. The number of phenols is 1. The van der Waals surface area contributed by atoms with Crippen LogP contribution in [0.4, 0.5) is 0 Å². The lowest BCUT2D eigenvalue weighted by Gasteiger charge is -2.36. The molecule has 1 amide bonds. The van der Waals surface area contributed by atoms with Crippen molar-refractivity contribution in [2.45, 2.75) is 25.9 Å². The molecule has 0 saturated heterocycles. The first-order valence-corrected chi connectivity index (χ1v) is 9.72. The number of aliphatic imine (C=N–C) groups is 1. The number of carbonyl (C=O) groups is 2. The molecule has 2 heterocycles. The van der Waals surface area contributed by atoms with E-state index in [1.165, 1.54) is 23.3 Å². The van der Waals surface area contributed by atoms with E-state index >= 15 is 0 Å². The molecule has 4 rings (SSSR count). The predicted molar refractivity (Wildman–Crippen MR) is 107 cm³/mol. The van der Waals surface area contributed by atoms with E-state index in [0.717, 1.165) is 6.42 Å². The van der Waals surface area contributed by atoms with Crippen LogP contribution in [0.15, 0.2) is 53.5 Å². The Morgan fingerprint density at radius 2 is 2.03 bits per heavy atom. The van der Waals surface area contributed by atoms with Gasteiger partial charge in [0.25, 0.3) is 0 Å². The Labute approximate surface area is 169 Å². The van der Waals surface area contributed by atoms with Gasteiger partial charge in [-0.15, -0.1) is 0 Å². The standard InChI is InChI=1S/C22H23N3O4/c1-2-29-21(28)18-19(15-8-5-9-17(26)12-15)23-22(24-20(18)27)25-11-10-14-6-3-4-7-16(14)13-25/h3-9,12,18-19,26H,2,10-11,13H2,1H3,(H,23,24,27)/t18-,19+/m1/s1. The van der Waals surface area contributed by atoms with Gasteiger partial charge in [0.1, 0.15) is 11.8 Å². The van der Waals surface area contributed by atoms with Gasteiger partial charge in [0, 0.05) is 13.1 Å². The maximum absolute atomic E-state index is 12.9. The number of carbonyl (C=O) groups excluding carboxylic acids is 2. The van der Waals surface area contributed by atoms with Crippen LogP contribution in [0.25, 0.3) is 0 Å². The molecular formula is C22H23N3O4. The van der Waals surface area contributed by atoms with Crippen LogP contribution >= 0.6 is 0 Å². The summed E-state index contributed by atoms with van der Waals surface area (Å²) >= 11 is 0. The van der Waals surface area contributed by atoms with Crippen LogP contribution in [0.5, 0.6) is 5.75 Å². The maximum atomic E-state index is 12.9. The average Bonchev–Trinajstić information content (AvgIpc) is 2.73. The van der Waals surface area contributed by atoms with Crippen LogP contribution in [0.3, 0.4) is 0 Å². The summed E-state index contributed by atoms with van der Waals surface area (Å²) in [6.07, 6.45) is 0.850. The first-order valence-electron chi connectivity index (χ1n) is 9.72. The number of esters is 1. The molecule has 0 fully saturated rings. The van der Waals surface area contributed by atoms with Crippen molar-refractivity contribution < 1.29 is 19.4 Å². The minimum absolute atomic E-state index is 0.0553. The molecular weight excluding hydrogens is 370 g/mol. The topological polar surface area (TPSA) is 91.2 Å². The number of phenolic OH excluding ortho intramolecular Hbond substituents is 1. The van der Waals surface area contributed by atoms with Crippen molar-refractivity contribution in [2.75, 3.05) is 13.2 Å². The summed E-state index contributed by atoms with van der Waals surface area (Å²) in [5, 5.41) is 12.7. The minimum atomic E-state index is -1.10. The quantitative estimate of drug-likeness (QED) is 0.616. The second kappa shape index (κ2) is 7.95. The average molecular weight is 393 g/mol. The number of aromatic hydroxyl groups is 1. The highest BCUT2D eigenvalue weighted by Crippen LogP contribution is 2.33. The van der Waals surface area contributed by atoms with E-state index in [1.54, 1.807) is 19.1 Å². The molecule has 7 heteroatoms. The fourth-order valence-electron chi connectivity index (χ4n) is 3.85. The van der Waals surface area contributed by atoms with Crippen LogP contribution in [0.2, 0.25) is 0 Å². The third-order valence-electron chi connectivity index (χ3n) is 5.28. The van der Waals surface area contributed by atoms with Gasteiger partial charge in [-0.3, -0.25) is 14.9 Å². The number of ether oxygens (including phenoxy) is 1. The fraction of sp³-hybridized carbons (Fsp3) is 0.318. The van der Waals surface area contributed by atoms with E-state index in [-0.39, 0.29) is 12.4 Å². The molecule has 0 spiro atoms. The van der Waals surface area contributed by atoms with Crippen molar-refractivity contribution in [1.82, 2.24) is 10.2 Å². The van der Waals surface area contributed by atoms with Crippen molar-refractivity contribution in [3.05, 3.63) is 65.2 Å². The van der Waals surface area contributed by atoms with Crippen LogP contribution in [0, 0.1) is 5.92 Å². The summed E-state index contributed by atoms with van der Waals surface area (Å²) in [6.45, 7) is 3.22. The molecule has 2 N–H and O–H groups in total. The molecule has 2 aromatic carbocycles. The second-order valence-corrected chi connectivity index (χ2v) is 7.15. The van der Waals surface area contributed by atoms with Gasteiger partial charge in [0.2, 0.25) is 11.9 Å². The van der Waals surface area contributed by atoms with Gasteiger partial charge in [-0.05, 0) is 42.2 Å². The minimum Gasteiger partial charge on any atom is -0.508 e. The molecule has 0 radical (unpaired) electrons. The van der Waals surface area contributed by atoms with E-state index in [4.69, 9.17) is 9.73 Å². The van der Waals surface area contributed by atoms with Gasteiger partial charge < -0.3 is 14.7 Å². The summed E-state index contributed by atoms with van der Waals surface area (Å²) in [4.78, 5) is 32.1. The molecule has 2 aliphatic heterocycles. The Morgan fingerprint density at radius 3 is 2.79 bits per heavy atom. The molecule has 2 atom stereocenters. The number of nitrogens with one attached hydrogen (secondary N) is 1. The van der Waals surface area contributed by atoms with Crippen molar-refractivity contribution >= 4 is 17.8 Å². The largest absolute Gasteiger partial charge is 0.508 e. The summed E-state index contributed by atoms with van der Waals surface area (Å²) in [5.74, 6) is -1.67. The van der Waals surface area contributed by atoms with E-state index in [0.29, 0.717) is 24.6 Å². The Balaban J connectivity index is 1.69. The molecule has 0 saturated carbocycles. The fourth-order valence-corrected chi connectivity index (χ4v) is 3.85. The lowest BCUT2D eigenvalue weighted by atomic mass is 9.91. The highest BCUT2D eigenvalue weighted by atomic mass is 16.5. The molecule has 0 aromatic heterocycles. The number of rotatable bonds is 3. The number of hydrogen-bond acceptors (Lipinski definition) is 6. The van der Waals surface area contributed by atoms with E-state index in [1.807, 2.05) is 17.0 Å². The van der Waals surface area contributed by atoms with E-state index in [9.17, 15) is 14.7 Å². The van der Waals surface area contributed by atoms with Crippen molar-refractivity contribution in [2.24, 2.45) is 10.9 Å². The number of fused-ring (bicyclic) bond motifs is 1. The van der Waals surface area contributed by atoms with Gasteiger partial charge in [0.05, 0.1) is 6.61 Å². The van der Waals surface area contributed by atoms with Gasteiger partial charge in [-0.2, -0.15) is 0 Å². The van der Waals surface area contributed by atoms with Crippen LogP contribution in [-0.2, 0) is 27.3 Å². The molecule has 29 heavy (non-hydrogen) atoms. The molecule has 0 aliphatic carbocycles. The Morgan fingerprint density at radius 1 is 1.24 bits per heavy atom. The molecule has 0 unspecified atom stereocenters. The molecule has 0 bridgehead atoms. The zero-order valence-electron chi connectivity index (χ0n) is 16.2. The number of guanidine groups is 1. The van der Waals surface area contributed by atoms with Gasteiger partial charge in [-0.1, -0.05) is 36.4 Å². The first-order chi connectivity index (χ1) is 14.1. The Bertz CT molecular complexity index is 972. The van der Waals surface area contributed by atoms with Gasteiger partial charge in [-0.25, -0.2) is 4.99 Å². The Kier molecular flexibility index (Phi) is 5.20. The molecule has 2 aliphatic rings. The van der Waals surface area contributed by atoms with Crippen molar-refractivity contribution in [3.8, 4) is 5.75 Å². The normalized spacial score (nSPS) is 21.1. The number of nitrogens with zero attached hydrogens (tertiary/aromatic N) is 2. The number of benzene rings is 2. The predicted octanol–water partition coefficient (Wildman–Crippen LogP) is 2.16. The zero-order valence-corrected chi connectivity index (χ0v) is 16.2. The first kappa shape index (κ1) is 19.0. The molecule has 150 valence electrons. The van der Waals surface area contributed by atoms with Crippen LogP contribution < -0.4 is 5.32 Å². The van der Waals surface area contributed by atoms with Gasteiger partial charge >= 0.3 is 5.97 Å². The van der Waals surface area contributed by atoms with E-state index in [2.05, 4.69) is 17.4 Å². The monoisotopic (exact) mass is 393 g/mol.